The summed E-state index contributed by atoms with van der Waals surface area (Å²) in [5.74, 6) is -1.09. The van der Waals surface area contributed by atoms with E-state index in [1.807, 2.05) is 0 Å². The number of hydrogen-bond donors (Lipinski definition) is 1. The zero-order valence-electron chi connectivity index (χ0n) is 8.31. The van der Waals surface area contributed by atoms with Crippen LogP contribution in [0.2, 0.25) is 0 Å². The quantitative estimate of drug-likeness (QED) is 0.526. The lowest BCUT2D eigenvalue weighted by atomic mass is 10.1. The van der Waals surface area contributed by atoms with Crippen molar-refractivity contribution in [3.63, 3.8) is 0 Å². The van der Waals surface area contributed by atoms with Gasteiger partial charge in [0.25, 0.3) is 5.69 Å². The van der Waals surface area contributed by atoms with Gasteiger partial charge in [-0.25, -0.2) is 4.79 Å². The van der Waals surface area contributed by atoms with Gasteiger partial charge in [-0.3, -0.25) is 10.1 Å². The number of nitrogens with zero attached hydrogens (tertiary/aromatic N) is 1. The highest BCUT2D eigenvalue weighted by Crippen LogP contribution is 2.28. The van der Waals surface area contributed by atoms with Crippen LogP contribution in [0.5, 0.6) is 0 Å². The van der Waals surface area contributed by atoms with Crippen LogP contribution < -0.4 is 0 Å². The van der Waals surface area contributed by atoms with Crippen LogP contribution in [0.15, 0.2) is 22.7 Å². The molecule has 0 fully saturated rings. The van der Waals surface area contributed by atoms with Crippen molar-refractivity contribution in [3.05, 3.63) is 43.9 Å². The number of benzene rings is 1. The van der Waals surface area contributed by atoms with E-state index in [9.17, 15) is 14.9 Å². The van der Waals surface area contributed by atoms with Crippen molar-refractivity contribution in [2.45, 2.75) is 6.92 Å². The van der Waals surface area contributed by atoms with Gasteiger partial charge in [-0.2, -0.15) is 0 Å². The molecule has 0 aliphatic carbocycles. The van der Waals surface area contributed by atoms with Crippen LogP contribution in [-0.2, 0) is 4.79 Å². The van der Waals surface area contributed by atoms with Crippen LogP contribution >= 0.6 is 15.9 Å². The van der Waals surface area contributed by atoms with Gasteiger partial charge < -0.3 is 5.11 Å². The first-order chi connectivity index (χ1) is 7.41. The Morgan fingerprint density at radius 2 is 2.19 bits per heavy atom. The first kappa shape index (κ1) is 12.4. The molecule has 1 rings (SSSR count). The Hall–Kier alpha value is -1.69. The maximum Gasteiger partial charge on any atom is 0.328 e. The normalized spacial score (nSPS) is 10.6. The molecular formula is C10H8BrNO4. The predicted molar refractivity (Wildman–Crippen MR) is 62.2 cm³/mol. The Morgan fingerprint density at radius 1 is 1.56 bits per heavy atom. The van der Waals surface area contributed by atoms with Crippen molar-refractivity contribution in [1.82, 2.24) is 0 Å². The van der Waals surface area contributed by atoms with Gasteiger partial charge >= 0.3 is 5.97 Å². The molecule has 6 heteroatoms. The Morgan fingerprint density at radius 3 is 2.69 bits per heavy atom. The van der Waals surface area contributed by atoms with Crippen LogP contribution in [0.25, 0.3) is 6.08 Å². The molecule has 0 atom stereocenters. The molecular weight excluding hydrogens is 278 g/mol. The maximum atomic E-state index is 10.7. The molecule has 1 aromatic rings. The standard InChI is InChI=1S/C10H8BrNO4/c1-6-4-8(11)9(12(15)16)5-7(6)2-3-10(13)14/h2-5H,1H3,(H,13,14)/b3-2+. The molecule has 84 valence electrons. The molecule has 1 N–H and O–H groups in total. The average Bonchev–Trinajstić information content (AvgIpc) is 2.15. The third kappa shape index (κ3) is 2.90. The largest absolute Gasteiger partial charge is 0.478 e. The number of carboxylic acid groups (broad SMARTS) is 1. The Balaban J connectivity index is 3.25. The highest BCUT2D eigenvalue weighted by Gasteiger charge is 2.13. The smallest absolute Gasteiger partial charge is 0.328 e. The SMILES string of the molecule is Cc1cc(Br)c([N+](=O)[O-])cc1/C=C/C(=O)O. The second-order valence-corrected chi connectivity index (χ2v) is 3.94. The van der Waals surface area contributed by atoms with Gasteiger partial charge in [-0.05, 0) is 46.1 Å². The van der Waals surface area contributed by atoms with E-state index >= 15 is 0 Å². The van der Waals surface area contributed by atoms with Crippen molar-refractivity contribution < 1.29 is 14.8 Å². The number of nitro benzene ring substituents is 1. The van der Waals surface area contributed by atoms with Gasteiger partial charge in [0.15, 0.2) is 0 Å². The van der Waals surface area contributed by atoms with Crippen LogP contribution in [0.1, 0.15) is 11.1 Å². The molecule has 0 bridgehead atoms. The number of nitro groups is 1. The van der Waals surface area contributed by atoms with Crippen LogP contribution in [0.3, 0.4) is 0 Å². The monoisotopic (exact) mass is 285 g/mol. The lowest BCUT2D eigenvalue weighted by molar-refractivity contribution is -0.385. The minimum atomic E-state index is -1.09. The molecule has 0 aromatic heterocycles. The highest BCUT2D eigenvalue weighted by molar-refractivity contribution is 9.10. The third-order valence-corrected chi connectivity index (χ3v) is 2.57. The first-order valence-electron chi connectivity index (χ1n) is 4.27. The summed E-state index contributed by atoms with van der Waals surface area (Å²) in [6.07, 6.45) is 2.27. The van der Waals surface area contributed by atoms with Gasteiger partial charge in [0.2, 0.25) is 0 Å². The fourth-order valence-corrected chi connectivity index (χ4v) is 1.76. The Bertz CT molecular complexity index is 482. The van der Waals surface area contributed by atoms with Crippen LogP contribution in [-0.4, -0.2) is 16.0 Å². The Kier molecular flexibility index (Phi) is 3.78. The number of halogens is 1. The lowest BCUT2D eigenvalue weighted by Crippen LogP contribution is -1.93. The van der Waals surface area contributed by atoms with E-state index in [4.69, 9.17) is 5.11 Å². The summed E-state index contributed by atoms with van der Waals surface area (Å²) in [7, 11) is 0. The molecule has 0 heterocycles. The van der Waals surface area contributed by atoms with Gasteiger partial charge in [0.1, 0.15) is 0 Å². The molecule has 5 nitrogen and oxygen atoms in total. The lowest BCUT2D eigenvalue weighted by Gasteiger charge is -2.02. The molecule has 16 heavy (non-hydrogen) atoms. The van der Waals surface area contributed by atoms with Crippen molar-refractivity contribution in [2.75, 3.05) is 0 Å². The highest BCUT2D eigenvalue weighted by atomic mass is 79.9. The molecule has 0 saturated carbocycles. The fourth-order valence-electron chi connectivity index (χ4n) is 1.16. The van der Waals surface area contributed by atoms with Crippen molar-refractivity contribution in [1.29, 1.82) is 0 Å². The van der Waals surface area contributed by atoms with Gasteiger partial charge in [0.05, 0.1) is 9.40 Å². The van der Waals surface area contributed by atoms with E-state index in [-0.39, 0.29) is 5.69 Å². The number of rotatable bonds is 3. The zero-order valence-corrected chi connectivity index (χ0v) is 9.89. The molecule has 0 amide bonds. The second kappa shape index (κ2) is 4.89. The summed E-state index contributed by atoms with van der Waals surface area (Å²) >= 11 is 3.08. The Labute approximate surface area is 99.7 Å². The summed E-state index contributed by atoms with van der Waals surface area (Å²) in [6.45, 7) is 1.75. The van der Waals surface area contributed by atoms with Crippen LogP contribution in [0, 0.1) is 17.0 Å². The molecule has 0 radical (unpaired) electrons. The van der Waals surface area contributed by atoms with E-state index in [2.05, 4.69) is 15.9 Å². The fraction of sp³-hybridized carbons (Fsp3) is 0.100. The summed E-state index contributed by atoms with van der Waals surface area (Å²) in [5.41, 5.74) is 1.18. The van der Waals surface area contributed by atoms with E-state index in [0.29, 0.717) is 10.0 Å². The zero-order chi connectivity index (χ0) is 12.3. The number of carboxylic acids is 1. The second-order valence-electron chi connectivity index (χ2n) is 3.09. The summed E-state index contributed by atoms with van der Waals surface area (Å²) in [6, 6.07) is 2.92. The van der Waals surface area contributed by atoms with Crippen LogP contribution in [0.4, 0.5) is 5.69 Å². The topological polar surface area (TPSA) is 80.4 Å². The molecule has 0 spiro atoms. The summed E-state index contributed by atoms with van der Waals surface area (Å²) in [4.78, 5) is 20.5. The minimum Gasteiger partial charge on any atom is -0.478 e. The number of aryl methyl sites for hydroxylation is 1. The first-order valence-corrected chi connectivity index (χ1v) is 5.06. The maximum absolute atomic E-state index is 10.7. The minimum absolute atomic E-state index is 0.0874. The van der Waals surface area contributed by atoms with E-state index in [1.165, 1.54) is 12.1 Å². The molecule has 1 aromatic carbocycles. The summed E-state index contributed by atoms with van der Waals surface area (Å²) < 4.78 is 0.377. The molecule has 0 unspecified atom stereocenters. The van der Waals surface area contributed by atoms with E-state index in [1.54, 1.807) is 13.0 Å². The predicted octanol–water partition coefficient (Wildman–Crippen LogP) is 2.76. The number of hydrogen-bond acceptors (Lipinski definition) is 3. The van der Waals surface area contributed by atoms with Crippen molar-refractivity contribution in [3.8, 4) is 0 Å². The van der Waals surface area contributed by atoms with E-state index < -0.39 is 10.9 Å². The van der Waals surface area contributed by atoms with E-state index in [0.717, 1.165) is 11.6 Å². The number of carbonyl (C=O) groups is 1. The van der Waals surface area contributed by atoms with Crippen molar-refractivity contribution >= 4 is 33.7 Å². The van der Waals surface area contributed by atoms with Crippen molar-refractivity contribution in [2.24, 2.45) is 0 Å². The van der Waals surface area contributed by atoms with Gasteiger partial charge in [0, 0.05) is 12.1 Å². The average molecular weight is 286 g/mol. The molecule has 0 aliphatic rings. The third-order valence-electron chi connectivity index (χ3n) is 1.94. The van der Waals surface area contributed by atoms with Gasteiger partial charge in [-0.15, -0.1) is 0 Å². The number of aliphatic carboxylic acids is 1. The summed E-state index contributed by atoms with van der Waals surface area (Å²) in [5, 5.41) is 19.1. The molecule has 0 saturated heterocycles. The molecule has 0 aliphatic heterocycles. The van der Waals surface area contributed by atoms with Gasteiger partial charge in [-0.1, -0.05) is 0 Å².